The summed E-state index contributed by atoms with van der Waals surface area (Å²) in [4.78, 5) is 10.7. The van der Waals surface area contributed by atoms with Crippen LogP contribution in [-0.2, 0) is 5.41 Å². The second-order valence-electron chi connectivity index (χ2n) is 7.09. The lowest BCUT2D eigenvalue weighted by Crippen LogP contribution is -2.20. The molecule has 0 fully saturated rings. The molecule has 2 aromatic heterocycles. The van der Waals surface area contributed by atoms with Crippen molar-refractivity contribution in [2.24, 2.45) is 5.10 Å². The number of aliphatic hydroxyl groups is 1. The molecule has 0 amide bonds. The van der Waals surface area contributed by atoms with E-state index in [2.05, 4.69) is 45.3 Å². The Bertz CT molecular complexity index is 917. The third kappa shape index (κ3) is 4.10. The maximum absolute atomic E-state index is 9.61. The molecule has 0 aliphatic heterocycles. The summed E-state index contributed by atoms with van der Waals surface area (Å²) >= 11 is 1.58. The van der Waals surface area contributed by atoms with Crippen LogP contribution in [0, 0.1) is 0 Å². The van der Waals surface area contributed by atoms with Crippen LogP contribution in [0.3, 0.4) is 0 Å². The summed E-state index contributed by atoms with van der Waals surface area (Å²) in [5, 5.41) is 15.0. The zero-order valence-corrected chi connectivity index (χ0v) is 16.2. The van der Waals surface area contributed by atoms with Gasteiger partial charge in [-0.25, -0.2) is 9.97 Å². The Morgan fingerprint density at radius 3 is 3.04 bits per heavy atom. The predicted octanol–water partition coefficient (Wildman–Crippen LogP) is 4.57. The van der Waals surface area contributed by atoms with Gasteiger partial charge in [0.15, 0.2) is 5.82 Å². The van der Waals surface area contributed by atoms with Gasteiger partial charge in [0, 0.05) is 10.3 Å². The van der Waals surface area contributed by atoms with Gasteiger partial charge in [0.1, 0.15) is 11.2 Å². The maximum Gasteiger partial charge on any atom is 0.158 e. The lowest BCUT2D eigenvalue weighted by atomic mass is 9.93. The van der Waals surface area contributed by atoms with E-state index in [1.807, 2.05) is 26.1 Å². The van der Waals surface area contributed by atoms with E-state index in [4.69, 9.17) is 0 Å². The second kappa shape index (κ2) is 7.96. The molecule has 0 saturated heterocycles. The molecule has 0 radical (unpaired) electrons. The van der Waals surface area contributed by atoms with Crippen LogP contribution in [0.15, 0.2) is 46.5 Å². The highest BCUT2D eigenvalue weighted by atomic mass is 32.1. The molecule has 0 spiro atoms. The van der Waals surface area contributed by atoms with Crippen molar-refractivity contribution in [3.8, 4) is 0 Å². The van der Waals surface area contributed by atoms with Crippen LogP contribution >= 0.6 is 11.3 Å². The highest BCUT2D eigenvalue weighted by Gasteiger charge is 2.23. The number of hydrazone groups is 1. The third-order valence-corrected chi connectivity index (χ3v) is 5.94. The van der Waals surface area contributed by atoms with Crippen molar-refractivity contribution in [2.45, 2.75) is 45.4 Å². The Kier molecular flexibility index (Phi) is 5.67. The van der Waals surface area contributed by atoms with E-state index in [1.54, 1.807) is 17.7 Å². The number of hydrogen-bond acceptors (Lipinski definition) is 6. The highest BCUT2D eigenvalue weighted by Crippen LogP contribution is 2.35. The van der Waals surface area contributed by atoms with Crippen molar-refractivity contribution in [3.05, 3.63) is 46.3 Å². The maximum atomic E-state index is 9.61. The number of fused-ring (bicyclic) bond motifs is 1. The number of thiophene rings is 1. The van der Waals surface area contributed by atoms with Gasteiger partial charge in [-0.1, -0.05) is 19.4 Å². The van der Waals surface area contributed by atoms with Crippen LogP contribution in [0.4, 0.5) is 5.82 Å². The number of aromatic nitrogens is 2. The molecule has 2 N–H and O–H groups in total. The van der Waals surface area contributed by atoms with Gasteiger partial charge < -0.3 is 5.11 Å². The Balaban J connectivity index is 1.83. The fourth-order valence-electron chi connectivity index (χ4n) is 2.65. The van der Waals surface area contributed by atoms with Gasteiger partial charge in [-0.3, -0.25) is 5.43 Å². The van der Waals surface area contributed by atoms with Gasteiger partial charge in [0.05, 0.1) is 18.2 Å². The second-order valence-corrected chi connectivity index (χ2v) is 8.12. The average molecular weight is 369 g/mol. The minimum absolute atomic E-state index is 0.0878. The van der Waals surface area contributed by atoms with Crippen molar-refractivity contribution in [1.82, 2.24) is 9.97 Å². The fraction of sp³-hybridized carbons (Fsp3) is 0.400. The third-order valence-electron chi connectivity index (χ3n) is 4.53. The monoisotopic (exact) mass is 368 g/mol. The molecule has 2 aromatic rings. The Morgan fingerprint density at radius 1 is 1.38 bits per heavy atom. The molecule has 0 saturated carbocycles. The van der Waals surface area contributed by atoms with E-state index in [0.29, 0.717) is 5.82 Å². The van der Waals surface area contributed by atoms with Crippen LogP contribution in [0.25, 0.3) is 10.2 Å². The van der Waals surface area contributed by atoms with Crippen molar-refractivity contribution < 1.29 is 5.11 Å². The van der Waals surface area contributed by atoms with E-state index < -0.39 is 0 Å². The van der Waals surface area contributed by atoms with E-state index in [9.17, 15) is 5.11 Å². The highest BCUT2D eigenvalue weighted by molar-refractivity contribution is 7.18. The number of allylic oxidation sites excluding steroid dienone is 3. The smallest absolute Gasteiger partial charge is 0.158 e. The Morgan fingerprint density at radius 2 is 2.23 bits per heavy atom. The lowest BCUT2D eigenvalue weighted by Gasteiger charge is -2.18. The molecular weight excluding hydrogens is 344 g/mol. The molecule has 1 aliphatic carbocycles. The lowest BCUT2D eigenvalue weighted by molar-refractivity contribution is 0.221. The first-order valence-electron chi connectivity index (χ1n) is 8.74. The van der Waals surface area contributed by atoms with Gasteiger partial charge in [0.25, 0.3) is 0 Å². The van der Waals surface area contributed by atoms with Crippen LogP contribution in [0.2, 0.25) is 0 Å². The fourth-order valence-corrected chi connectivity index (χ4v) is 3.74. The first-order valence-corrected chi connectivity index (χ1v) is 9.56. The summed E-state index contributed by atoms with van der Waals surface area (Å²) < 4.78 is 0. The summed E-state index contributed by atoms with van der Waals surface area (Å²) in [6.45, 7) is 6.26. The largest absolute Gasteiger partial charge is 0.395 e. The van der Waals surface area contributed by atoms with E-state index >= 15 is 0 Å². The number of nitrogens with one attached hydrogen (secondary N) is 1. The number of rotatable bonds is 5. The van der Waals surface area contributed by atoms with Gasteiger partial charge >= 0.3 is 0 Å². The standard InChI is InChI=1S/C20H24N4OS/c1-14-8-6-4-5-7-9-15(14)11-23-24-18-16-10-17(20(2,3)12-25)26-19(16)22-13-21-18/h5-6,10-11,13,25H,7-9,12H2,1-3H3,(H,21,22,24)/b15-14?,23-11+. The zero-order valence-electron chi connectivity index (χ0n) is 15.4. The predicted molar refractivity (Wildman–Crippen MR) is 109 cm³/mol. The molecule has 136 valence electrons. The van der Waals surface area contributed by atoms with Gasteiger partial charge in [-0.15, -0.1) is 17.1 Å². The minimum atomic E-state index is -0.298. The average Bonchev–Trinajstić information content (AvgIpc) is 3.07. The van der Waals surface area contributed by atoms with Gasteiger partial charge in [-0.2, -0.15) is 5.10 Å². The molecule has 26 heavy (non-hydrogen) atoms. The molecule has 0 bridgehead atoms. The summed E-state index contributed by atoms with van der Waals surface area (Å²) in [7, 11) is 0. The van der Waals surface area contributed by atoms with Crippen LogP contribution in [0.5, 0.6) is 0 Å². The number of aliphatic hydroxyl groups excluding tert-OH is 1. The topological polar surface area (TPSA) is 70.4 Å². The Hall–Kier alpha value is -2.27. The number of nitrogens with zero attached hydrogens (tertiary/aromatic N) is 3. The van der Waals surface area contributed by atoms with Crippen LogP contribution in [0.1, 0.15) is 44.9 Å². The Labute approximate surface area is 157 Å². The molecule has 0 aromatic carbocycles. The number of anilines is 1. The van der Waals surface area contributed by atoms with E-state index in [1.165, 1.54) is 11.1 Å². The van der Waals surface area contributed by atoms with Crippen molar-refractivity contribution in [2.75, 3.05) is 12.0 Å². The molecule has 0 atom stereocenters. The van der Waals surface area contributed by atoms with Crippen LogP contribution in [-0.4, -0.2) is 27.9 Å². The van der Waals surface area contributed by atoms with Gasteiger partial charge in [-0.05, 0) is 50.0 Å². The SMILES string of the molecule is CC1=C(/C=N/Nc2ncnc3sc(C(C)(C)CO)cc23)CCC=C=CC1. The van der Waals surface area contributed by atoms with Crippen molar-refractivity contribution in [3.63, 3.8) is 0 Å². The summed E-state index contributed by atoms with van der Waals surface area (Å²) in [5.74, 6) is 0.686. The zero-order chi connectivity index (χ0) is 18.6. The molecule has 3 rings (SSSR count). The van der Waals surface area contributed by atoms with Crippen LogP contribution < -0.4 is 5.43 Å². The molecule has 6 heteroatoms. The number of hydrogen-bond donors (Lipinski definition) is 2. The minimum Gasteiger partial charge on any atom is -0.395 e. The summed E-state index contributed by atoms with van der Waals surface area (Å²) in [6, 6.07) is 2.05. The first-order chi connectivity index (χ1) is 12.5. The quantitative estimate of drug-likeness (QED) is 0.461. The van der Waals surface area contributed by atoms with E-state index in [-0.39, 0.29) is 12.0 Å². The summed E-state index contributed by atoms with van der Waals surface area (Å²) in [5.41, 5.74) is 8.50. The molecule has 0 unspecified atom stereocenters. The molecular formula is C20H24N4OS. The molecule has 5 nitrogen and oxygen atoms in total. The molecule has 2 heterocycles. The van der Waals surface area contributed by atoms with E-state index in [0.717, 1.165) is 34.4 Å². The van der Waals surface area contributed by atoms with Crippen molar-refractivity contribution in [1.29, 1.82) is 0 Å². The molecule has 1 aliphatic rings. The summed E-state index contributed by atoms with van der Waals surface area (Å²) in [6.07, 6.45) is 10.4. The van der Waals surface area contributed by atoms with Gasteiger partial charge in [0.2, 0.25) is 0 Å². The first kappa shape index (κ1) is 18.5. The van der Waals surface area contributed by atoms with Crippen molar-refractivity contribution >= 4 is 33.6 Å². The normalized spacial score (nSPS) is 15.7.